The van der Waals surface area contributed by atoms with Crippen molar-refractivity contribution in [3.05, 3.63) is 23.3 Å². The highest BCUT2D eigenvalue weighted by Gasteiger charge is 2.27. The molecule has 0 aromatic heterocycles. The first-order valence-electron chi connectivity index (χ1n) is 7.11. The molecule has 0 radical (unpaired) electrons. The van der Waals surface area contributed by atoms with E-state index >= 15 is 0 Å². The topological polar surface area (TPSA) is 41.9 Å². The number of likely N-dealkylation sites (tertiary alicyclic amines) is 1. The summed E-state index contributed by atoms with van der Waals surface area (Å²) in [6.07, 6.45) is 1.67. The van der Waals surface area contributed by atoms with Crippen molar-refractivity contribution in [1.29, 1.82) is 0 Å². The Morgan fingerprint density at radius 3 is 2.25 bits per heavy atom. The van der Waals surface area contributed by atoms with Crippen LogP contribution in [0.5, 0.6) is 11.5 Å². The Hall–Kier alpha value is -1.26. The van der Waals surface area contributed by atoms with E-state index in [0.29, 0.717) is 0 Å². The maximum atomic E-state index is 10.0. The summed E-state index contributed by atoms with van der Waals surface area (Å²) in [6, 6.07) is 4.08. The number of aryl methyl sites for hydroxylation is 1. The Labute approximate surface area is 121 Å². The molecular weight excluding hydrogens is 254 g/mol. The molecule has 1 heterocycles. The molecule has 1 fully saturated rings. The van der Waals surface area contributed by atoms with Crippen LogP contribution in [0.2, 0.25) is 0 Å². The van der Waals surface area contributed by atoms with Gasteiger partial charge in [-0.1, -0.05) is 0 Å². The molecule has 1 aromatic rings. The minimum Gasteiger partial charge on any atom is -0.493 e. The van der Waals surface area contributed by atoms with Crippen LogP contribution in [-0.2, 0) is 6.54 Å². The van der Waals surface area contributed by atoms with Gasteiger partial charge in [0.15, 0.2) is 11.5 Å². The van der Waals surface area contributed by atoms with Crippen LogP contribution in [0.3, 0.4) is 0 Å². The summed E-state index contributed by atoms with van der Waals surface area (Å²) < 4.78 is 10.7. The predicted octanol–water partition coefficient (Wildman–Crippen LogP) is 2.36. The third-order valence-corrected chi connectivity index (χ3v) is 4.17. The van der Waals surface area contributed by atoms with Crippen molar-refractivity contribution < 1.29 is 14.6 Å². The van der Waals surface area contributed by atoms with Gasteiger partial charge < -0.3 is 14.6 Å². The van der Waals surface area contributed by atoms with Crippen LogP contribution in [0, 0.1) is 6.92 Å². The van der Waals surface area contributed by atoms with Crippen LogP contribution in [0.25, 0.3) is 0 Å². The van der Waals surface area contributed by atoms with Crippen molar-refractivity contribution >= 4 is 0 Å². The van der Waals surface area contributed by atoms with Crippen molar-refractivity contribution in [3.8, 4) is 11.5 Å². The molecule has 1 saturated heterocycles. The summed E-state index contributed by atoms with van der Waals surface area (Å²) in [4.78, 5) is 2.38. The van der Waals surface area contributed by atoms with E-state index in [1.54, 1.807) is 14.2 Å². The Bertz CT molecular complexity index is 461. The van der Waals surface area contributed by atoms with Gasteiger partial charge in [-0.25, -0.2) is 0 Å². The fourth-order valence-corrected chi connectivity index (χ4v) is 2.63. The molecule has 0 amide bonds. The maximum absolute atomic E-state index is 10.0. The van der Waals surface area contributed by atoms with Crippen molar-refractivity contribution in [3.63, 3.8) is 0 Å². The van der Waals surface area contributed by atoms with E-state index in [0.717, 1.165) is 44.0 Å². The molecule has 0 atom stereocenters. The highest BCUT2D eigenvalue weighted by atomic mass is 16.5. The minimum absolute atomic E-state index is 0.497. The Morgan fingerprint density at radius 1 is 1.15 bits per heavy atom. The molecule has 0 unspecified atom stereocenters. The molecule has 4 nitrogen and oxygen atoms in total. The van der Waals surface area contributed by atoms with Crippen LogP contribution < -0.4 is 9.47 Å². The predicted molar refractivity (Wildman–Crippen MR) is 79.4 cm³/mol. The zero-order valence-corrected chi connectivity index (χ0v) is 12.9. The quantitative estimate of drug-likeness (QED) is 0.918. The summed E-state index contributed by atoms with van der Waals surface area (Å²) >= 11 is 0. The molecule has 0 saturated carbocycles. The zero-order valence-electron chi connectivity index (χ0n) is 12.9. The van der Waals surface area contributed by atoms with Gasteiger partial charge >= 0.3 is 0 Å². The second kappa shape index (κ2) is 6.02. The molecule has 2 rings (SSSR count). The molecule has 4 heteroatoms. The van der Waals surface area contributed by atoms with Gasteiger partial charge in [0.05, 0.1) is 19.8 Å². The lowest BCUT2D eigenvalue weighted by Gasteiger charge is -2.36. The van der Waals surface area contributed by atoms with Crippen molar-refractivity contribution in [1.82, 2.24) is 4.90 Å². The molecule has 0 bridgehead atoms. The average Bonchev–Trinajstić information content (AvgIpc) is 2.42. The number of aliphatic hydroxyl groups is 1. The Balaban J connectivity index is 2.10. The van der Waals surface area contributed by atoms with Crippen molar-refractivity contribution in [2.75, 3.05) is 27.3 Å². The SMILES string of the molecule is COc1cc(C)c(CN2CCC(C)(O)CC2)cc1OC. The molecule has 20 heavy (non-hydrogen) atoms. The second-order valence-electron chi connectivity index (χ2n) is 5.91. The van der Waals surface area contributed by atoms with Gasteiger partial charge in [0.2, 0.25) is 0 Å². The number of piperidine rings is 1. The molecule has 0 spiro atoms. The number of benzene rings is 1. The smallest absolute Gasteiger partial charge is 0.161 e. The molecule has 112 valence electrons. The van der Waals surface area contributed by atoms with Crippen molar-refractivity contribution in [2.45, 2.75) is 38.8 Å². The molecular formula is C16H25NO3. The van der Waals surface area contributed by atoms with Gasteiger partial charge in [-0.3, -0.25) is 4.90 Å². The lowest BCUT2D eigenvalue weighted by Crippen LogP contribution is -2.42. The highest BCUT2D eigenvalue weighted by molar-refractivity contribution is 5.47. The van der Waals surface area contributed by atoms with E-state index in [9.17, 15) is 5.11 Å². The number of nitrogens with zero attached hydrogens (tertiary/aromatic N) is 1. The number of ether oxygens (including phenoxy) is 2. The van der Waals surface area contributed by atoms with Crippen LogP contribution in [0.1, 0.15) is 30.9 Å². The first kappa shape index (κ1) is 15.1. The van der Waals surface area contributed by atoms with E-state index in [1.165, 1.54) is 11.1 Å². The van der Waals surface area contributed by atoms with Gasteiger partial charge in [0, 0.05) is 19.6 Å². The summed E-state index contributed by atoms with van der Waals surface area (Å²) in [5, 5.41) is 10.0. The minimum atomic E-state index is -0.497. The average molecular weight is 279 g/mol. The second-order valence-corrected chi connectivity index (χ2v) is 5.91. The van der Waals surface area contributed by atoms with E-state index in [4.69, 9.17) is 9.47 Å². The third kappa shape index (κ3) is 3.44. The lowest BCUT2D eigenvalue weighted by molar-refractivity contribution is -0.00734. The van der Waals surface area contributed by atoms with Gasteiger partial charge in [-0.15, -0.1) is 0 Å². The number of methoxy groups -OCH3 is 2. The normalized spacial score (nSPS) is 18.9. The summed E-state index contributed by atoms with van der Waals surface area (Å²) in [5.41, 5.74) is 1.97. The first-order valence-corrected chi connectivity index (χ1v) is 7.11. The largest absolute Gasteiger partial charge is 0.493 e. The summed E-state index contributed by atoms with van der Waals surface area (Å²) in [6.45, 7) is 6.77. The third-order valence-electron chi connectivity index (χ3n) is 4.17. The standard InChI is InChI=1S/C16H25NO3/c1-12-9-14(19-3)15(20-4)10-13(12)11-17-7-5-16(2,18)6-8-17/h9-10,18H,5-8,11H2,1-4H3. The monoisotopic (exact) mass is 279 g/mol. The Kier molecular flexibility index (Phi) is 4.55. The molecule has 0 aliphatic carbocycles. The summed E-state index contributed by atoms with van der Waals surface area (Å²) in [7, 11) is 3.32. The fourth-order valence-electron chi connectivity index (χ4n) is 2.63. The summed E-state index contributed by atoms with van der Waals surface area (Å²) in [5.74, 6) is 1.55. The lowest BCUT2D eigenvalue weighted by atomic mass is 9.93. The van der Waals surface area contributed by atoms with E-state index in [1.807, 2.05) is 13.0 Å². The molecule has 1 N–H and O–H groups in total. The maximum Gasteiger partial charge on any atom is 0.161 e. The van der Waals surface area contributed by atoms with Gasteiger partial charge in [0.1, 0.15) is 0 Å². The number of hydrogen-bond acceptors (Lipinski definition) is 4. The van der Waals surface area contributed by atoms with Gasteiger partial charge in [-0.2, -0.15) is 0 Å². The molecule has 1 aliphatic heterocycles. The van der Waals surface area contributed by atoms with Crippen LogP contribution in [0.15, 0.2) is 12.1 Å². The molecule has 1 aliphatic rings. The number of hydrogen-bond donors (Lipinski definition) is 1. The number of rotatable bonds is 4. The van der Waals surface area contributed by atoms with Crippen LogP contribution in [-0.4, -0.2) is 42.9 Å². The van der Waals surface area contributed by atoms with E-state index < -0.39 is 5.60 Å². The zero-order chi connectivity index (χ0) is 14.8. The molecule has 1 aromatic carbocycles. The van der Waals surface area contributed by atoms with Gasteiger partial charge in [0.25, 0.3) is 0 Å². The van der Waals surface area contributed by atoms with E-state index in [-0.39, 0.29) is 0 Å². The fraction of sp³-hybridized carbons (Fsp3) is 0.625. The first-order chi connectivity index (χ1) is 9.45. The van der Waals surface area contributed by atoms with Crippen LogP contribution in [0.4, 0.5) is 0 Å². The van der Waals surface area contributed by atoms with E-state index in [2.05, 4.69) is 17.9 Å². The van der Waals surface area contributed by atoms with Gasteiger partial charge in [-0.05, 0) is 49.9 Å². The Morgan fingerprint density at radius 2 is 1.70 bits per heavy atom. The highest BCUT2D eigenvalue weighted by Crippen LogP contribution is 2.31. The van der Waals surface area contributed by atoms with Crippen LogP contribution >= 0.6 is 0 Å². The van der Waals surface area contributed by atoms with Crippen molar-refractivity contribution in [2.24, 2.45) is 0 Å².